The molecule has 0 unspecified atom stereocenters. The van der Waals surface area contributed by atoms with Crippen LogP contribution in [0.25, 0.3) is 0 Å². The van der Waals surface area contributed by atoms with Crippen LogP contribution in [0, 0.1) is 0 Å². The Balaban J connectivity index is 1.89. The summed E-state index contributed by atoms with van der Waals surface area (Å²) in [6.45, 7) is 5.67. The van der Waals surface area contributed by atoms with Crippen molar-refractivity contribution in [3.05, 3.63) is 24.0 Å². The molecule has 1 amide bonds. The molecule has 20 heavy (non-hydrogen) atoms. The molecule has 0 atom stereocenters. The zero-order chi connectivity index (χ0) is 14.4. The molecule has 5 nitrogen and oxygen atoms in total. The molecule has 1 aliphatic carbocycles. The van der Waals surface area contributed by atoms with Crippen molar-refractivity contribution in [1.82, 2.24) is 10.3 Å². The smallest absolute Gasteiger partial charge is 0.255 e. The Kier molecular flexibility index (Phi) is 5.35. The van der Waals surface area contributed by atoms with E-state index in [1.165, 1.54) is 0 Å². The summed E-state index contributed by atoms with van der Waals surface area (Å²) in [4.78, 5) is 16.3. The minimum absolute atomic E-state index is 0.0587. The predicted molar refractivity (Wildman–Crippen MR) is 78.9 cm³/mol. The molecule has 1 fully saturated rings. The SMILES string of the molecule is CCCNc1ccncc1C(=O)NC1CC(OCC)C1. The number of hydrogen-bond donors (Lipinski definition) is 2. The first kappa shape index (κ1) is 14.8. The van der Waals surface area contributed by atoms with Gasteiger partial charge in [0.1, 0.15) is 0 Å². The minimum Gasteiger partial charge on any atom is -0.384 e. The Morgan fingerprint density at radius 2 is 2.25 bits per heavy atom. The van der Waals surface area contributed by atoms with E-state index in [2.05, 4.69) is 22.5 Å². The highest BCUT2D eigenvalue weighted by Crippen LogP contribution is 2.24. The first-order chi connectivity index (χ1) is 9.74. The van der Waals surface area contributed by atoms with Crippen LogP contribution in [-0.4, -0.2) is 36.2 Å². The number of hydrogen-bond acceptors (Lipinski definition) is 4. The van der Waals surface area contributed by atoms with Gasteiger partial charge in [0, 0.05) is 31.6 Å². The lowest BCUT2D eigenvalue weighted by Crippen LogP contribution is -2.47. The predicted octanol–water partition coefficient (Wildman–Crippen LogP) is 2.20. The maximum absolute atomic E-state index is 12.3. The third-order valence-electron chi connectivity index (χ3n) is 3.46. The Morgan fingerprint density at radius 1 is 1.45 bits per heavy atom. The monoisotopic (exact) mass is 277 g/mol. The van der Waals surface area contributed by atoms with Crippen molar-refractivity contribution in [2.24, 2.45) is 0 Å². The minimum atomic E-state index is -0.0587. The first-order valence-corrected chi connectivity index (χ1v) is 7.35. The van der Waals surface area contributed by atoms with Crippen LogP contribution >= 0.6 is 0 Å². The average molecular weight is 277 g/mol. The maximum Gasteiger partial charge on any atom is 0.255 e. The highest BCUT2D eigenvalue weighted by molar-refractivity contribution is 5.99. The summed E-state index contributed by atoms with van der Waals surface area (Å²) in [7, 11) is 0. The number of nitrogens with zero attached hydrogens (tertiary/aromatic N) is 1. The number of carbonyl (C=O) groups excluding carboxylic acids is 1. The van der Waals surface area contributed by atoms with E-state index in [1.807, 2.05) is 13.0 Å². The van der Waals surface area contributed by atoms with Crippen LogP contribution in [-0.2, 0) is 4.74 Å². The number of carbonyl (C=O) groups is 1. The van der Waals surface area contributed by atoms with E-state index >= 15 is 0 Å². The molecule has 1 saturated carbocycles. The van der Waals surface area contributed by atoms with Gasteiger partial charge < -0.3 is 15.4 Å². The molecule has 0 aliphatic heterocycles. The Bertz CT molecular complexity index is 444. The molecule has 0 aromatic carbocycles. The van der Waals surface area contributed by atoms with Crippen molar-refractivity contribution in [3.63, 3.8) is 0 Å². The number of rotatable bonds is 7. The van der Waals surface area contributed by atoms with Crippen LogP contribution in [0.3, 0.4) is 0 Å². The third-order valence-corrected chi connectivity index (χ3v) is 3.46. The van der Waals surface area contributed by atoms with E-state index in [0.29, 0.717) is 11.7 Å². The first-order valence-electron chi connectivity index (χ1n) is 7.35. The van der Waals surface area contributed by atoms with Crippen molar-refractivity contribution >= 4 is 11.6 Å². The van der Waals surface area contributed by atoms with Gasteiger partial charge in [0.15, 0.2) is 0 Å². The molecule has 0 radical (unpaired) electrons. The van der Waals surface area contributed by atoms with Gasteiger partial charge in [0.05, 0.1) is 17.4 Å². The van der Waals surface area contributed by atoms with Crippen molar-refractivity contribution in [1.29, 1.82) is 0 Å². The maximum atomic E-state index is 12.3. The normalized spacial score (nSPS) is 21.1. The number of aromatic nitrogens is 1. The van der Waals surface area contributed by atoms with Gasteiger partial charge in [-0.1, -0.05) is 6.92 Å². The molecule has 1 aliphatic rings. The van der Waals surface area contributed by atoms with Crippen LogP contribution in [0.15, 0.2) is 18.5 Å². The van der Waals surface area contributed by atoms with E-state index < -0.39 is 0 Å². The molecule has 1 aromatic rings. The summed E-state index contributed by atoms with van der Waals surface area (Å²) in [6.07, 6.45) is 6.43. The number of amides is 1. The molecule has 1 aromatic heterocycles. The fraction of sp³-hybridized carbons (Fsp3) is 0.600. The molecule has 0 spiro atoms. The van der Waals surface area contributed by atoms with Crippen molar-refractivity contribution in [3.8, 4) is 0 Å². The highest BCUT2D eigenvalue weighted by Gasteiger charge is 2.31. The molecule has 0 saturated heterocycles. The second-order valence-corrected chi connectivity index (χ2v) is 5.07. The second-order valence-electron chi connectivity index (χ2n) is 5.07. The van der Waals surface area contributed by atoms with E-state index in [4.69, 9.17) is 4.74 Å². The molecule has 5 heteroatoms. The molecule has 2 rings (SSSR count). The standard InChI is InChI=1S/C15H23N3O2/c1-3-6-17-14-5-7-16-10-13(14)15(19)18-11-8-12(9-11)20-4-2/h5,7,10-12H,3-4,6,8-9H2,1-2H3,(H,16,17)(H,18,19). The van der Waals surface area contributed by atoms with Gasteiger partial charge >= 0.3 is 0 Å². The average Bonchev–Trinajstić information content (AvgIpc) is 2.43. The summed E-state index contributed by atoms with van der Waals surface area (Å²) in [5.41, 5.74) is 1.46. The van der Waals surface area contributed by atoms with Crippen LogP contribution in [0.5, 0.6) is 0 Å². The van der Waals surface area contributed by atoms with Gasteiger partial charge in [-0.2, -0.15) is 0 Å². The fourth-order valence-electron chi connectivity index (χ4n) is 2.31. The van der Waals surface area contributed by atoms with Gasteiger partial charge in [0.25, 0.3) is 5.91 Å². The number of ether oxygens (including phenoxy) is 1. The van der Waals surface area contributed by atoms with Gasteiger partial charge in [-0.15, -0.1) is 0 Å². The molecule has 110 valence electrons. The van der Waals surface area contributed by atoms with Gasteiger partial charge in [-0.05, 0) is 32.3 Å². The molecule has 0 bridgehead atoms. The van der Waals surface area contributed by atoms with E-state index in [9.17, 15) is 4.79 Å². The van der Waals surface area contributed by atoms with E-state index in [0.717, 1.165) is 38.1 Å². The number of pyridine rings is 1. The van der Waals surface area contributed by atoms with Crippen LogP contribution in [0.2, 0.25) is 0 Å². The lowest BCUT2D eigenvalue weighted by molar-refractivity contribution is -0.00862. The van der Waals surface area contributed by atoms with Gasteiger partial charge in [-0.3, -0.25) is 9.78 Å². The number of nitrogens with one attached hydrogen (secondary N) is 2. The quantitative estimate of drug-likeness (QED) is 0.802. The topological polar surface area (TPSA) is 63.2 Å². The summed E-state index contributed by atoms with van der Waals surface area (Å²) in [6, 6.07) is 2.06. The fourth-order valence-corrected chi connectivity index (χ4v) is 2.31. The van der Waals surface area contributed by atoms with Crippen molar-refractivity contribution in [2.75, 3.05) is 18.5 Å². The van der Waals surface area contributed by atoms with Crippen LogP contribution in [0.4, 0.5) is 5.69 Å². The Hall–Kier alpha value is -1.62. The third kappa shape index (κ3) is 3.70. The van der Waals surface area contributed by atoms with Crippen molar-refractivity contribution in [2.45, 2.75) is 45.3 Å². The van der Waals surface area contributed by atoms with Gasteiger partial charge in [0.2, 0.25) is 0 Å². The van der Waals surface area contributed by atoms with Crippen LogP contribution < -0.4 is 10.6 Å². The van der Waals surface area contributed by atoms with Crippen LogP contribution in [0.1, 0.15) is 43.5 Å². The molecule has 1 heterocycles. The Morgan fingerprint density at radius 3 is 2.95 bits per heavy atom. The summed E-state index contributed by atoms with van der Waals surface area (Å²) < 4.78 is 5.50. The summed E-state index contributed by atoms with van der Waals surface area (Å²) >= 11 is 0. The molecular formula is C15H23N3O2. The zero-order valence-corrected chi connectivity index (χ0v) is 12.2. The highest BCUT2D eigenvalue weighted by atomic mass is 16.5. The summed E-state index contributed by atoms with van der Waals surface area (Å²) in [5, 5.41) is 6.30. The largest absolute Gasteiger partial charge is 0.384 e. The number of anilines is 1. The zero-order valence-electron chi connectivity index (χ0n) is 12.2. The lowest BCUT2D eigenvalue weighted by Gasteiger charge is -2.35. The van der Waals surface area contributed by atoms with Crippen molar-refractivity contribution < 1.29 is 9.53 Å². The second kappa shape index (κ2) is 7.24. The molecule has 2 N–H and O–H groups in total. The Labute approximate surface area is 120 Å². The van der Waals surface area contributed by atoms with E-state index in [-0.39, 0.29) is 11.9 Å². The molecular weight excluding hydrogens is 254 g/mol. The van der Waals surface area contributed by atoms with Gasteiger partial charge in [-0.25, -0.2) is 0 Å². The van der Waals surface area contributed by atoms with E-state index in [1.54, 1.807) is 12.4 Å². The lowest BCUT2D eigenvalue weighted by atomic mass is 9.89. The summed E-state index contributed by atoms with van der Waals surface area (Å²) in [5.74, 6) is -0.0587.